The Balaban J connectivity index is 1.66. The van der Waals surface area contributed by atoms with Gasteiger partial charge in [-0.2, -0.15) is 5.10 Å². The van der Waals surface area contributed by atoms with Gasteiger partial charge in [-0.1, -0.05) is 23.7 Å². The van der Waals surface area contributed by atoms with Crippen LogP contribution in [0.15, 0.2) is 36.5 Å². The molecule has 1 N–H and O–H groups in total. The lowest BCUT2D eigenvalue weighted by Crippen LogP contribution is -2.13. The lowest BCUT2D eigenvalue weighted by Gasteiger charge is -2.05. The van der Waals surface area contributed by atoms with Crippen LogP contribution in [-0.2, 0) is 7.05 Å². The molecule has 0 spiro atoms. The Hall–Kier alpha value is -2.77. The lowest BCUT2D eigenvalue weighted by molar-refractivity contribution is 0.102. The van der Waals surface area contributed by atoms with Gasteiger partial charge in [0.2, 0.25) is 0 Å². The number of halogens is 1. The van der Waals surface area contributed by atoms with Gasteiger partial charge in [0, 0.05) is 28.2 Å². The maximum absolute atomic E-state index is 12.9. The molecule has 136 valence electrons. The fraction of sp³-hybridized carbons (Fsp3) is 0.158. The van der Waals surface area contributed by atoms with E-state index in [0.29, 0.717) is 26.8 Å². The maximum atomic E-state index is 12.9. The van der Waals surface area contributed by atoms with Crippen molar-refractivity contribution in [2.45, 2.75) is 13.8 Å². The molecule has 4 aromatic rings. The van der Waals surface area contributed by atoms with Crippen LogP contribution in [0.1, 0.15) is 20.9 Å². The summed E-state index contributed by atoms with van der Waals surface area (Å²) in [6.45, 7) is 3.84. The molecular weight excluding hydrogens is 382 g/mol. The molecule has 0 bridgehead atoms. The van der Waals surface area contributed by atoms with Crippen LogP contribution in [0.3, 0.4) is 0 Å². The summed E-state index contributed by atoms with van der Waals surface area (Å²) in [5.74, 6) is -0.227. The van der Waals surface area contributed by atoms with E-state index < -0.39 is 0 Å². The number of benzene rings is 1. The number of nitrogens with one attached hydrogen (secondary N) is 1. The van der Waals surface area contributed by atoms with E-state index >= 15 is 0 Å². The van der Waals surface area contributed by atoms with E-state index in [1.165, 1.54) is 11.3 Å². The van der Waals surface area contributed by atoms with Crippen molar-refractivity contribution in [1.82, 2.24) is 19.7 Å². The highest BCUT2D eigenvalue weighted by molar-refractivity contribution is 7.16. The molecule has 0 aliphatic rings. The third-order valence-electron chi connectivity index (χ3n) is 4.21. The normalized spacial score (nSPS) is 11.1. The zero-order valence-corrected chi connectivity index (χ0v) is 16.5. The zero-order valence-electron chi connectivity index (χ0n) is 14.9. The van der Waals surface area contributed by atoms with E-state index in [4.69, 9.17) is 11.6 Å². The van der Waals surface area contributed by atoms with Crippen LogP contribution in [-0.4, -0.2) is 25.7 Å². The largest absolute Gasteiger partial charge is 0.298 e. The van der Waals surface area contributed by atoms with E-state index in [1.54, 1.807) is 24.0 Å². The van der Waals surface area contributed by atoms with Crippen LogP contribution in [0.5, 0.6) is 0 Å². The van der Waals surface area contributed by atoms with Crippen LogP contribution in [0.2, 0.25) is 5.02 Å². The minimum Gasteiger partial charge on any atom is -0.298 e. The highest BCUT2D eigenvalue weighted by Gasteiger charge is 2.17. The first-order valence-electron chi connectivity index (χ1n) is 8.26. The van der Waals surface area contributed by atoms with E-state index in [2.05, 4.69) is 20.4 Å². The van der Waals surface area contributed by atoms with E-state index in [1.807, 2.05) is 38.1 Å². The van der Waals surface area contributed by atoms with Crippen LogP contribution >= 0.6 is 22.9 Å². The van der Waals surface area contributed by atoms with Gasteiger partial charge >= 0.3 is 0 Å². The number of anilines is 1. The molecule has 4 rings (SSSR count). The molecule has 0 atom stereocenters. The molecular formula is C19H16ClN5OS. The number of fused-ring (bicyclic) bond motifs is 1. The molecule has 0 aliphatic carbocycles. The summed E-state index contributed by atoms with van der Waals surface area (Å²) in [5.41, 5.74) is 3.77. The summed E-state index contributed by atoms with van der Waals surface area (Å²) >= 11 is 7.39. The maximum Gasteiger partial charge on any atom is 0.258 e. The first-order valence-corrected chi connectivity index (χ1v) is 9.46. The number of thiazole rings is 1. The van der Waals surface area contributed by atoms with E-state index in [0.717, 1.165) is 21.8 Å². The van der Waals surface area contributed by atoms with E-state index in [9.17, 15) is 4.79 Å². The summed E-state index contributed by atoms with van der Waals surface area (Å²) in [4.78, 5) is 22.9. The smallest absolute Gasteiger partial charge is 0.258 e. The second kappa shape index (κ2) is 6.75. The predicted octanol–water partition coefficient (Wildman–Crippen LogP) is 4.61. The number of hydrogen-bond donors (Lipinski definition) is 1. The van der Waals surface area contributed by atoms with Gasteiger partial charge in [-0.25, -0.2) is 9.97 Å². The van der Waals surface area contributed by atoms with Crippen molar-refractivity contribution in [1.29, 1.82) is 0 Å². The Bertz CT molecular complexity index is 1160. The molecule has 0 fully saturated rings. The topological polar surface area (TPSA) is 72.7 Å². The number of amides is 1. The molecule has 0 saturated heterocycles. The third-order valence-corrected chi connectivity index (χ3v) is 5.35. The predicted molar refractivity (Wildman–Crippen MR) is 108 cm³/mol. The molecule has 1 amide bonds. The molecule has 6 nitrogen and oxygen atoms in total. The number of nitrogens with zero attached hydrogens (tertiary/aromatic N) is 4. The SMILES string of the molecule is Cc1cc(C(=O)Nc2nc(-c3ccc(Cl)cc3)c(C)s2)c2cnn(C)c2n1. The van der Waals surface area contributed by atoms with Gasteiger partial charge in [-0.3, -0.25) is 14.8 Å². The Labute approximate surface area is 164 Å². The highest BCUT2D eigenvalue weighted by atomic mass is 35.5. The van der Waals surface area contributed by atoms with Gasteiger partial charge in [-0.15, -0.1) is 11.3 Å². The van der Waals surface area contributed by atoms with Crippen molar-refractivity contribution in [3.8, 4) is 11.3 Å². The van der Waals surface area contributed by atoms with Gasteiger partial charge in [0.25, 0.3) is 5.91 Å². The van der Waals surface area contributed by atoms with Crippen molar-refractivity contribution in [3.63, 3.8) is 0 Å². The summed E-state index contributed by atoms with van der Waals surface area (Å²) in [6.07, 6.45) is 1.66. The van der Waals surface area contributed by atoms with Crippen molar-refractivity contribution in [3.05, 3.63) is 57.7 Å². The van der Waals surface area contributed by atoms with Crippen molar-refractivity contribution >= 4 is 45.0 Å². The number of aromatic nitrogens is 4. The summed E-state index contributed by atoms with van der Waals surface area (Å²) in [5, 5.41) is 9.05. The Morgan fingerprint density at radius 1 is 1.19 bits per heavy atom. The molecule has 3 heterocycles. The molecule has 0 unspecified atom stereocenters. The van der Waals surface area contributed by atoms with Crippen LogP contribution < -0.4 is 5.32 Å². The van der Waals surface area contributed by atoms with Crippen LogP contribution in [0.4, 0.5) is 5.13 Å². The third kappa shape index (κ3) is 3.31. The molecule has 0 radical (unpaired) electrons. The second-order valence-electron chi connectivity index (χ2n) is 6.20. The number of carbonyl (C=O) groups excluding carboxylic acids is 1. The average molecular weight is 398 g/mol. The number of aryl methyl sites for hydroxylation is 3. The number of rotatable bonds is 3. The average Bonchev–Trinajstić information content (AvgIpc) is 3.18. The molecule has 0 saturated carbocycles. The minimum absolute atomic E-state index is 0.227. The molecule has 1 aromatic carbocycles. The van der Waals surface area contributed by atoms with Gasteiger partial charge in [0.15, 0.2) is 10.8 Å². The molecule has 27 heavy (non-hydrogen) atoms. The summed E-state index contributed by atoms with van der Waals surface area (Å²) < 4.78 is 1.66. The number of carbonyl (C=O) groups is 1. The fourth-order valence-corrected chi connectivity index (χ4v) is 3.87. The Kier molecular flexibility index (Phi) is 4.41. The summed E-state index contributed by atoms with van der Waals surface area (Å²) in [6, 6.07) is 9.25. The van der Waals surface area contributed by atoms with Crippen LogP contribution in [0.25, 0.3) is 22.3 Å². The van der Waals surface area contributed by atoms with Crippen molar-refractivity contribution in [2.75, 3.05) is 5.32 Å². The van der Waals surface area contributed by atoms with Crippen molar-refractivity contribution < 1.29 is 4.79 Å². The first-order chi connectivity index (χ1) is 12.9. The summed E-state index contributed by atoms with van der Waals surface area (Å²) in [7, 11) is 1.80. The van der Waals surface area contributed by atoms with Crippen LogP contribution in [0, 0.1) is 13.8 Å². The number of hydrogen-bond acceptors (Lipinski definition) is 5. The molecule has 0 aliphatic heterocycles. The number of pyridine rings is 1. The fourth-order valence-electron chi connectivity index (χ4n) is 2.92. The molecule has 8 heteroatoms. The van der Waals surface area contributed by atoms with Gasteiger partial charge in [0.1, 0.15) is 0 Å². The Morgan fingerprint density at radius 3 is 2.67 bits per heavy atom. The standard InChI is InChI=1S/C19H16ClN5OS/c1-10-8-14(15-9-21-25(3)17(15)22-10)18(26)24-19-23-16(11(2)27-19)12-4-6-13(20)7-5-12/h4-9H,1-3H3,(H,23,24,26). The van der Waals surface area contributed by atoms with E-state index in [-0.39, 0.29) is 5.91 Å². The zero-order chi connectivity index (χ0) is 19.1. The molecule has 3 aromatic heterocycles. The van der Waals surface area contributed by atoms with Crippen molar-refractivity contribution in [2.24, 2.45) is 7.05 Å². The Morgan fingerprint density at radius 2 is 1.93 bits per heavy atom. The minimum atomic E-state index is -0.227. The highest BCUT2D eigenvalue weighted by Crippen LogP contribution is 2.31. The van der Waals surface area contributed by atoms with Gasteiger partial charge in [0.05, 0.1) is 22.8 Å². The van der Waals surface area contributed by atoms with Gasteiger partial charge in [-0.05, 0) is 32.0 Å². The first kappa shape index (κ1) is 17.6. The van der Waals surface area contributed by atoms with Gasteiger partial charge < -0.3 is 0 Å². The lowest BCUT2D eigenvalue weighted by atomic mass is 10.1. The second-order valence-corrected chi connectivity index (χ2v) is 7.84. The quantitative estimate of drug-likeness (QED) is 0.547. The monoisotopic (exact) mass is 397 g/mol.